The first kappa shape index (κ1) is 25.2. The molecule has 1 amide bonds. The number of anilines is 1. The van der Waals surface area contributed by atoms with Gasteiger partial charge in [-0.3, -0.25) is 19.3 Å². The van der Waals surface area contributed by atoms with Gasteiger partial charge in [-0.15, -0.1) is 0 Å². The number of amides is 1. The topological polar surface area (TPSA) is 93.1 Å². The Morgan fingerprint density at radius 3 is 2.25 bits per heavy atom. The first-order valence-electron chi connectivity index (χ1n) is 11.1. The smallest absolute Gasteiger partial charge is 0.309 e. The molecule has 0 radical (unpaired) electrons. The Hall–Kier alpha value is -3.91. The normalized spacial score (nSPS) is 16.8. The zero-order valence-corrected chi connectivity index (χ0v) is 21.5. The van der Waals surface area contributed by atoms with Crippen molar-refractivity contribution in [2.45, 2.75) is 19.4 Å². The number of ketones is 1. The van der Waals surface area contributed by atoms with Crippen LogP contribution in [0.1, 0.15) is 28.3 Å². The molecule has 36 heavy (non-hydrogen) atoms. The van der Waals surface area contributed by atoms with Crippen molar-refractivity contribution >= 4 is 45.0 Å². The van der Waals surface area contributed by atoms with Crippen LogP contribution in [-0.2, 0) is 25.5 Å². The molecule has 1 atom stereocenters. The molecule has 0 bridgehead atoms. The van der Waals surface area contributed by atoms with Gasteiger partial charge in [-0.05, 0) is 60.0 Å². The lowest BCUT2D eigenvalue weighted by Crippen LogP contribution is -2.29. The number of ether oxygens (including phenoxy) is 2. The molecule has 1 saturated heterocycles. The number of hydrogen-bond acceptors (Lipinski definition) is 6. The second-order valence-electron chi connectivity index (χ2n) is 8.33. The Balaban J connectivity index is 1.85. The summed E-state index contributed by atoms with van der Waals surface area (Å²) >= 11 is 3.44. The van der Waals surface area contributed by atoms with Crippen molar-refractivity contribution in [3.8, 4) is 5.75 Å². The van der Waals surface area contributed by atoms with E-state index < -0.39 is 17.7 Å². The summed E-state index contributed by atoms with van der Waals surface area (Å²) in [6, 6.07) is 18.1. The predicted molar refractivity (Wildman–Crippen MR) is 139 cm³/mol. The number of hydrogen-bond donors (Lipinski definition) is 1. The number of esters is 1. The number of benzene rings is 3. The van der Waals surface area contributed by atoms with Crippen molar-refractivity contribution in [3.63, 3.8) is 0 Å². The first-order valence-corrected chi connectivity index (χ1v) is 11.9. The molecule has 0 aromatic heterocycles. The minimum Gasteiger partial charge on any atom is -0.507 e. The van der Waals surface area contributed by atoms with Gasteiger partial charge in [0.15, 0.2) is 0 Å². The van der Waals surface area contributed by atoms with Crippen LogP contribution in [0.25, 0.3) is 5.76 Å². The van der Waals surface area contributed by atoms with Crippen LogP contribution >= 0.6 is 15.9 Å². The molecule has 1 N–H and O–H groups in total. The molecular weight excluding hydrogens is 526 g/mol. The van der Waals surface area contributed by atoms with Gasteiger partial charge in [0.1, 0.15) is 11.5 Å². The van der Waals surface area contributed by atoms with E-state index in [2.05, 4.69) is 15.9 Å². The third kappa shape index (κ3) is 4.77. The molecule has 0 saturated carbocycles. The summed E-state index contributed by atoms with van der Waals surface area (Å²) in [6.07, 6.45) is 0.0838. The molecule has 0 spiro atoms. The third-order valence-electron chi connectivity index (χ3n) is 6.10. The van der Waals surface area contributed by atoms with Crippen molar-refractivity contribution in [2.24, 2.45) is 0 Å². The molecule has 1 fully saturated rings. The summed E-state index contributed by atoms with van der Waals surface area (Å²) in [5, 5.41) is 11.3. The van der Waals surface area contributed by atoms with E-state index in [9.17, 15) is 19.5 Å². The van der Waals surface area contributed by atoms with Crippen LogP contribution in [0.5, 0.6) is 5.75 Å². The highest BCUT2D eigenvalue weighted by molar-refractivity contribution is 9.10. The Morgan fingerprint density at radius 2 is 1.67 bits per heavy atom. The van der Waals surface area contributed by atoms with Crippen LogP contribution in [-0.4, -0.2) is 37.0 Å². The molecule has 1 aliphatic rings. The third-order valence-corrected chi connectivity index (χ3v) is 6.99. The van der Waals surface area contributed by atoms with E-state index in [4.69, 9.17) is 9.47 Å². The van der Waals surface area contributed by atoms with Gasteiger partial charge in [0, 0.05) is 15.7 Å². The quantitative estimate of drug-likeness (QED) is 0.199. The summed E-state index contributed by atoms with van der Waals surface area (Å²) in [7, 11) is 2.87. The SMILES string of the molecule is COC(=O)Cc1ccc(N2C(=O)C(=O)/C(=C(\O)c3ccc(Br)c(C)c3)C2c2ccc(OC)cc2)cc1. The molecule has 3 aromatic carbocycles. The number of rotatable bonds is 6. The molecule has 1 unspecified atom stereocenters. The summed E-state index contributed by atoms with van der Waals surface area (Å²) in [6.45, 7) is 1.87. The summed E-state index contributed by atoms with van der Waals surface area (Å²) in [5.74, 6) is -1.56. The zero-order chi connectivity index (χ0) is 26.0. The number of aliphatic hydroxyl groups is 1. The van der Waals surface area contributed by atoms with Crippen molar-refractivity contribution < 1.29 is 29.0 Å². The van der Waals surface area contributed by atoms with Gasteiger partial charge in [0.25, 0.3) is 11.7 Å². The number of methoxy groups -OCH3 is 2. The zero-order valence-electron chi connectivity index (χ0n) is 19.9. The molecule has 1 heterocycles. The van der Waals surface area contributed by atoms with Gasteiger partial charge in [0.2, 0.25) is 0 Å². The highest BCUT2D eigenvalue weighted by Crippen LogP contribution is 2.42. The van der Waals surface area contributed by atoms with Crippen molar-refractivity contribution in [1.82, 2.24) is 0 Å². The summed E-state index contributed by atoms with van der Waals surface area (Å²) in [4.78, 5) is 39.6. The minimum absolute atomic E-state index is 0.00877. The molecule has 8 heteroatoms. The number of carbonyl (C=O) groups excluding carboxylic acids is 3. The van der Waals surface area contributed by atoms with E-state index in [0.717, 1.165) is 10.0 Å². The number of aryl methyl sites for hydroxylation is 1. The van der Waals surface area contributed by atoms with E-state index >= 15 is 0 Å². The predicted octanol–water partition coefficient (Wildman–Crippen LogP) is 5.11. The molecule has 4 rings (SSSR count). The summed E-state index contributed by atoms with van der Waals surface area (Å²) < 4.78 is 10.8. The average Bonchev–Trinajstić information content (AvgIpc) is 3.15. The lowest BCUT2D eigenvalue weighted by atomic mass is 9.94. The standard InChI is InChI=1S/C28H24BrNO6/c1-16-14-19(8-13-22(16)29)26(32)24-25(18-6-11-21(35-2)12-7-18)30(28(34)27(24)33)20-9-4-17(5-10-20)15-23(31)36-3/h4-14,25,32H,15H2,1-3H3/b26-24-. The number of Topliss-reactive ketones (excluding diaryl/α,β-unsaturated/α-hetero) is 1. The van der Waals surface area contributed by atoms with Crippen molar-refractivity contribution in [1.29, 1.82) is 0 Å². The number of halogens is 1. The fourth-order valence-corrected chi connectivity index (χ4v) is 4.41. The Labute approximate surface area is 217 Å². The fraction of sp³-hybridized carbons (Fsp3) is 0.179. The lowest BCUT2D eigenvalue weighted by molar-refractivity contribution is -0.139. The number of nitrogens with zero attached hydrogens (tertiary/aromatic N) is 1. The Kier molecular flexibility index (Phi) is 7.26. The van der Waals surface area contributed by atoms with Crippen LogP contribution in [0.4, 0.5) is 5.69 Å². The number of aliphatic hydroxyl groups excluding tert-OH is 1. The van der Waals surface area contributed by atoms with Crippen LogP contribution < -0.4 is 9.64 Å². The van der Waals surface area contributed by atoms with Gasteiger partial charge in [-0.25, -0.2) is 0 Å². The van der Waals surface area contributed by atoms with Gasteiger partial charge >= 0.3 is 5.97 Å². The Bertz CT molecular complexity index is 1360. The molecule has 184 valence electrons. The average molecular weight is 550 g/mol. The monoisotopic (exact) mass is 549 g/mol. The largest absolute Gasteiger partial charge is 0.507 e. The van der Waals surface area contributed by atoms with Crippen LogP contribution in [0.15, 0.2) is 76.8 Å². The number of carbonyl (C=O) groups is 3. The highest BCUT2D eigenvalue weighted by atomic mass is 79.9. The van der Waals surface area contributed by atoms with Gasteiger partial charge < -0.3 is 14.6 Å². The first-order chi connectivity index (χ1) is 17.2. The van der Waals surface area contributed by atoms with Crippen molar-refractivity contribution in [3.05, 3.63) is 99.0 Å². The Morgan fingerprint density at radius 1 is 1.00 bits per heavy atom. The fourth-order valence-electron chi connectivity index (χ4n) is 4.16. The molecular formula is C28H24BrNO6. The highest BCUT2D eigenvalue weighted by Gasteiger charge is 2.47. The van der Waals surface area contributed by atoms with Crippen LogP contribution in [0.2, 0.25) is 0 Å². The maximum absolute atomic E-state index is 13.3. The lowest BCUT2D eigenvalue weighted by Gasteiger charge is -2.26. The van der Waals surface area contributed by atoms with Crippen LogP contribution in [0.3, 0.4) is 0 Å². The maximum atomic E-state index is 13.3. The minimum atomic E-state index is -0.869. The molecule has 1 aliphatic heterocycles. The molecule has 7 nitrogen and oxygen atoms in total. The second kappa shape index (κ2) is 10.4. The second-order valence-corrected chi connectivity index (χ2v) is 9.18. The van der Waals surface area contributed by atoms with E-state index in [1.54, 1.807) is 73.8 Å². The molecule has 0 aliphatic carbocycles. The van der Waals surface area contributed by atoms with Crippen LogP contribution in [0, 0.1) is 6.92 Å². The maximum Gasteiger partial charge on any atom is 0.309 e. The summed E-state index contributed by atoms with van der Waals surface area (Å²) in [5.41, 5.74) is 3.08. The van der Waals surface area contributed by atoms with Crippen molar-refractivity contribution in [2.75, 3.05) is 19.1 Å². The van der Waals surface area contributed by atoms with E-state index in [0.29, 0.717) is 28.1 Å². The van der Waals surface area contributed by atoms with E-state index in [1.807, 2.05) is 6.92 Å². The van der Waals surface area contributed by atoms with E-state index in [-0.39, 0.29) is 23.7 Å². The van der Waals surface area contributed by atoms with Gasteiger partial charge in [-0.2, -0.15) is 0 Å². The van der Waals surface area contributed by atoms with Gasteiger partial charge in [-0.1, -0.05) is 46.3 Å². The van der Waals surface area contributed by atoms with E-state index in [1.165, 1.54) is 12.0 Å². The molecule has 3 aromatic rings. The van der Waals surface area contributed by atoms with Gasteiger partial charge in [0.05, 0.1) is 32.3 Å².